The molecule has 0 radical (unpaired) electrons. The van der Waals surface area contributed by atoms with Crippen molar-refractivity contribution in [3.05, 3.63) is 149 Å². The van der Waals surface area contributed by atoms with E-state index in [2.05, 4.69) is 13.8 Å². The molecule has 0 saturated carbocycles. The van der Waals surface area contributed by atoms with E-state index in [1.807, 2.05) is 54.6 Å². The topological polar surface area (TPSA) is 117 Å². The van der Waals surface area contributed by atoms with Gasteiger partial charge in [0, 0.05) is 29.3 Å². The third-order valence-corrected chi connectivity index (χ3v) is 8.52. The van der Waals surface area contributed by atoms with E-state index < -0.39 is 16.9 Å². The van der Waals surface area contributed by atoms with Gasteiger partial charge >= 0.3 is 5.97 Å². The Balaban J connectivity index is 1.54. The number of fused-ring (bicyclic) bond motifs is 1. The highest BCUT2D eigenvalue weighted by Gasteiger charge is 2.35. The Hall–Kier alpha value is -5.35. The molecule has 5 aromatic rings. The molecule has 0 unspecified atom stereocenters. The highest BCUT2D eigenvalue weighted by atomic mass is 32.1. The smallest absolute Gasteiger partial charge is 0.338 e. The second-order valence-corrected chi connectivity index (χ2v) is 11.8. The Bertz CT molecular complexity index is 2120. The first-order valence-electron chi connectivity index (χ1n) is 14.5. The van der Waals surface area contributed by atoms with E-state index in [1.54, 1.807) is 41.8 Å². The Kier molecular flexibility index (Phi) is 8.14. The van der Waals surface area contributed by atoms with Crippen molar-refractivity contribution in [1.29, 1.82) is 0 Å². The van der Waals surface area contributed by atoms with Crippen LogP contribution in [-0.4, -0.2) is 22.1 Å². The summed E-state index contributed by atoms with van der Waals surface area (Å²) in [6.45, 7) is 6.12. The number of carbonyl (C=O) groups is 1. The molecule has 226 valence electrons. The van der Waals surface area contributed by atoms with E-state index in [0.29, 0.717) is 38.0 Å². The van der Waals surface area contributed by atoms with Crippen molar-refractivity contribution in [3.8, 4) is 11.3 Å². The molecule has 6 rings (SSSR count). The summed E-state index contributed by atoms with van der Waals surface area (Å²) in [5, 5.41) is 11.2. The first-order chi connectivity index (χ1) is 21.7. The van der Waals surface area contributed by atoms with Gasteiger partial charge in [-0.3, -0.25) is 19.5 Å². The molecule has 0 aliphatic carbocycles. The molecule has 1 aliphatic heterocycles. The van der Waals surface area contributed by atoms with E-state index >= 15 is 0 Å². The molecular formula is C35H29N3O6S. The van der Waals surface area contributed by atoms with Crippen LogP contribution >= 0.6 is 11.3 Å². The minimum atomic E-state index is -0.782. The highest BCUT2D eigenvalue weighted by Crippen LogP contribution is 2.35. The number of benzene rings is 3. The number of non-ortho nitro benzene ring substituents is 1. The lowest BCUT2D eigenvalue weighted by molar-refractivity contribution is -0.384. The molecule has 2 aromatic heterocycles. The number of carbonyl (C=O) groups excluding carboxylic acids is 1. The third-order valence-electron chi connectivity index (χ3n) is 7.53. The van der Waals surface area contributed by atoms with Gasteiger partial charge in [-0.2, -0.15) is 0 Å². The van der Waals surface area contributed by atoms with Crippen molar-refractivity contribution in [3.63, 3.8) is 0 Å². The number of ether oxygens (including phenoxy) is 1. The first-order valence-corrected chi connectivity index (χ1v) is 15.3. The van der Waals surface area contributed by atoms with Crippen LogP contribution in [0, 0.1) is 10.1 Å². The zero-order valence-electron chi connectivity index (χ0n) is 24.8. The van der Waals surface area contributed by atoms with Crippen LogP contribution < -0.4 is 14.9 Å². The van der Waals surface area contributed by atoms with Gasteiger partial charge in [-0.1, -0.05) is 91.9 Å². The SMILES string of the molecule is CCOC(=O)C1=C(c2ccccc2)N=c2s/c(=C\c3ccc(-c4cccc([N+](=O)[O-])c4)o3)c(=O)n2[C@@H]1c1ccc(C(C)C)cc1. The fourth-order valence-corrected chi connectivity index (χ4v) is 6.29. The van der Waals surface area contributed by atoms with Gasteiger partial charge in [0.25, 0.3) is 11.2 Å². The van der Waals surface area contributed by atoms with Crippen molar-refractivity contribution >= 4 is 34.8 Å². The van der Waals surface area contributed by atoms with Crippen LogP contribution in [0.15, 0.2) is 111 Å². The van der Waals surface area contributed by atoms with Crippen LogP contribution in [0.4, 0.5) is 5.69 Å². The number of thiazole rings is 1. The van der Waals surface area contributed by atoms with Crippen LogP contribution in [0.25, 0.3) is 23.1 Å². The quantitative estimate of drug-likeness (QED) is 0.116. The summed E-state index contributed by atoms with van der Waals surface area (Å²) in [5.41, 5.74) is 3.51. The van der Waals surface area contributed by atoms with E-state index in [4.69, 9.17) is 14.1 Å². The molecule has 1 aliphatic rings. The average molecular weight is 620 g/mol. The van der Waals surface area contributed by atoms with E-state index in [-0.39, 0.29) is 23.4 Å². The van der Waals surface area contributed by atoms with Crippen LogP contribution in [0.2, 0.25) is 0 Å². The number of hydrogen-bond donors (Lipinski definition) is 0. The number of rotatable bonds is 8. The van der Waals surface area contributed by atoms with E-state index in [1.165, 1.54) is 23.5 Å². The molecule has 0 amide bonds. The molecular weight excluding hydrogens is 590 g/mol. The molecule has 9 nitrogen and oxygen atoms in total. The fourth-order valence-electron chi connectivity index (χ4n) is 5.31. The lowest BCUT2D eigenvalue weighted by Crippen LogP contribution is -2.40. The molecule has 0 bridgehead atoms. The summed E-state index contributed by atoms with van der Waals surface area (Å²) in [7, 11) is 0. The van der Waals surface area contributed by atoms with Gasteiger partial charge in [0.1, 0.15) is 11.5 Å². The van der Waals surface area contributed by atoms with Gasteiger partial charge in [0.05, 0.1) is 33.4 Å². The normalized spacial score (nSPS) is 14.8. The van der Waals surface area contributed by atoms with E-state index in [0.717, 1.165) is 16.7 Å². The standard InChI is InChI=1S/C35H29N3O6S/c1-4-43-34(40)30-31(23-9-6-5-7-10-23)36-35-37(32(30)24-15-13-22(14-16-24)21(2)3)33(39)29(45-35)20-27-17-18-28(44-27)25-11-8-12-26(19-25)38(41)42/h5-21,32H,4H2,1-3H3/b29-20-/t32-/m1/s1. The number of aromatic nitrogens is 1. The summed E-state index contributed by atoms with van der Waals surface area (Å²) in [4.78, 5) is 43.9. The number of nitro benzene ring substituents is 1. The maximum absolute atomic E-state index is 14.1. The molecule has 1 atom stereocenters. The predicted octanol–water partition coefficient (Wildman–Crippen LogP) is 6.23. The summed E-state index contributed by atoms with van der Waals surface area (Å²) in [6.07, 6.45) is 1.62. The number of furan rings is 1. The Labute approximate surface area is 262 Å². The van der Waals surface area contributed by atoms with Crippen LogP contribution in [0.3, 0.4) is 0 Å². The van der Waals surface area contributed by atoms with Gasteiger partial charge < -0.3 is 9.15 Å². The zero-order valence-corrected chi connectivity index (χ0v) is 25.6. The number of hydrogen-bond acceptors (Lipinski definition) is 8. The van der Waals surface area contributed by atoms with Crippen molar-refractivity contribution in [2.24, 2.45) is 4.99 Å². The lowest BCUT2D eigenvalue weighted by Gasteiger charge is -2.26. The Morgan fingerprint density at radius 3 is 2.47 bits per heavy atom. The molecule has 0 saturated heterocycles. The zero-order chi connectivity index (χ0) is 31.7. The summed E-state index contributed by atoms with van der Waals surface area (Å²) in [5.74, 6) is 0.588. The van der Waals surface area contributed by atoms with Crippen LogP contribution in [0.5, 0.6) is 0 Å². The molecule has 0 spiro atoms. The number of nitrogens with zero attached hydrogens (tertiary/aromatic N) is 3. The maximum Gasteiger partial charge on any atom is 0.338 e. The number of nitro groups is 1. The largest absolute Gasteiger partial charge is 0.463 e. The first kappa shape index (κ1) is 29.7. The Morgan fingerprint density at radius 1 is 1.04 bits per heavy atom. The second-order valence-electron chi connectivity index (χ2n) is 10.8. The molecule has 45 heavy (non-hydrogen) atoms. The molecule has 3 heterocycles. The molecule has 3 aromatic carbocycles. The van der Waals surface area contributed by atoms with Crippen LogP contribution in [0.1, 0.15) is 55.2 Å². The average Bonchev–Trinajstić information content (AvgIpc) is 3.65. The Morgan fingerprint density at radius 2 is 1.78 bits per heavy atom. The van der Waals surface area contributed by atoms with Gasteiger partial charge in [0.15, 0.2) is 4.80 Å². The van der Waals surface area contributed by atoms with Crippen molar-refractivity contribution in [2.45, 2.75) is 32.7 Å². The van der Waals surface area contributed by atoms with Crippen molar-refractivity contribution in [2.75, 3.05) is 6.61 Å². The second kappa shape index (κ2) is 12.3. The minimum Gasteiger partial charge on any atom is -0.463 e. The maximum atomic E-state index is 14.1. The van der Waals surface area contributed by atoms with Crippen LogP contribution in [-0.2, 0) is 9.53 Å². The lowest BCUT2D eigenvalue weighted by atomic mass is 9.91. The molecule has 0 fully saturated rings. The molecule has 10 heteroatoms. The monoisotopic (exact) mass is 619 g/mol. The van der Waals surface area contributed by atoms with Gasteiger partial charge in [-0.15, -0.1) is 0 Å². The predicted molar refractivity (Wildman–Crippen MR) is 172 cm³/mol. The third kappa shape index (κ3) is 5.80. The molecule has 0 N–H and O–H groups in total. The number of esters is 1. The van der Waals surface area contributed by atoms with E-state index in [9.17, 15) is 19.7 Å². The minimum absolute atomic E-state index is 0.0492. The van der Waals surface area contributed by atoms with Crippen molar-refractivity contribution in [1.82, 2.24) is 4.57 Å². The van der Waals surface area contributed by atoms with Gasteiger partial charge in [-0.05, 0) is 36.1 Å². The van der Waals surface area contributed by atoms with Crippen molar-refractivity contribution < 1.29 is 18.9 Å². The fraction of sp³-hybridized carbons (Fsp3) is 0.171. The highest BCUT2D eigenvalue weighted by molar-refractivity contribution is 7.07. The van der Waals surface area contributed by atoms with Gasteiger partial charge in [-0.25, -0.2) is 9.79 Å². The summed E-state index contributed by atoms with van der Waals surface area (Å²) in [6, 6.07) is 26.1. The summed E-state index contributed by atoms with van der Waals surface area (Å²) < 4.78 is 13.4. The summed E-state index contributed by atoms with van der Waals surface area (Å²) >= 11 is 1.19. The van der Waals surface area contributed by atoms with Gasteiger partial charge in [0.2, 0.25) is 0 Å².